The van der Waals surface area contributed by atoms with E-state index in [1.807, 2.05) is 0 Å². The molecule has 0 nitrogen and oxygen atoms in total. The molecule has 0 bridgehead atoms. The SMILES string of the molecule is CCC(C)c1cc2c(-c3ccccc3)cccc2[cH-]1.[Cl][Zr][Cl]. The van der Waals surface area contributed by atoms with Crippen molar-refractivity contribution in [1.29, 1.82) is 0 Å². The van der Waals surface area contributed by atoms with E-state index in [9.17, 15) is 0 Å². The topological polar surface area (TPSA) is 0 Å². The van der Waals surface area contributed by atoms with E-state index in [2.05, 4.69) is 74.5 Å². The second-order valence-electron chi connectivity index (χ2n) is 5.34. The Hall–Kier alpha value is -0.487. The van der Waals surface area contributed by atoms with Crippen LogP contribution in [-0.4, -0.2) is 0 Å². The van der Waals surface area contributed by atoms with Gasteiger partial charge in [-0.25, -0.2) is 0 Å². The molecule has 0 heterocycles. The minimum absolute atomic E-state index is 0.635. The van der Waals surface area contributed by atoms with Crippen LogP contribution in [0.3, 0.4) is 0 Å². The zero-order valence-electron chi connectivity index (χ0n) is 12.8. The Morgan fingerprint density at radius 2 is 1.73 bits per heavy atom. The van der Waals surface area contributed by atoms with Gasteiger partial charge in [0.15, 0.2) is 0 Å². The van der Waals surface area contributed by atoms with Crippen LogP contribution in [0.1, 0.15) is 31.7 Å². The predicted molar refractivity (Wildman–Crippen MR) is 95.4 cm³/mol. The Kier molecular flexibility index (Phi) is 7.28. The predicted octanol–water partition coefficient (Wildman–Crippen LogP) is 7.12. The summed E-state index contributed by atoms with van der Waals surface area (Å²) in [5, 5.41) is 2.74. The van der Waals surface area contributed by atoms with E-state index >= 15 is 0 Å². The van der Waals surface area contributed by atoms with Gasteiger partial charge in [0, 0.05) is 0 Å². The van der Waals surface area contributed by atoms with Crippen molar-refractivity contribution < 1.29 is 20.8 Å². The van der Waals surface area contributed by atoms with Crippen molar-refractivity contribution >= 4 is 27.8 Å². The molecular formula is C19H19Cl2Zr-. The van der Waals surface area contributed by atoms with Gasteiger partial charge >= 0.3 is 37.9 Å². The fraction of sp³-hybridized carbons (Fsp3) is 0.211. The second-order valence-corrected chi connectivity index (χ2v) is 9.08. The molecule has 0 saturated carbocycles. The molecule has 0 fully saturated rings. The molecule has 0 aliphatic carbocycles. The number of hydrogen-bond acceptors (Lipinski definition) is 0. The molecule has 22 heavy (non-hydrogen) atoms. The third-order valence-corrected chi connectivity index (χ3v) is 4.04. The third kappa shape index (κ3) is 4.28. The Labute approximate surface area is 151 Å². The van der Waals surface area contributed by atoms with E-state index in [0.29, 0.717) is 5.92 Å². The summed E-state index contributed by atoms with van der Waals surface area (Å²) < 4.78 is 0. The van der Waals surface area contributed by atoms with Crippen LogP contribution in [0.5, 0.6) is 0 Å². The Bertz CT molecular complexity index is 704. The minimum atomic E-state index is -0.826. The molecule has 0 amide bonds. The monoisotopic (exact) mass is 407 g/mol. The Balaban J connectivity index is 0.000000545. The summed E-state index contributed by atoms with van der Waals surface area (Å²) >= 11 is -0.826. The van der Waals surface area contributed by atoms with Crippen molar-refractivity contribution in [2.24, 2.45) is 0 Å². The molecule has 3 aromatic rings. The molecule has 3 rings (SSSR count). The van der Waals surface area contributed by atoms with Crippen molar-refractivity contribution in [3.63, 3.8) is 0 Å². The fourth-order valence-electron chi connectivity index (χ4n) is 2.65. The number of hydrogen-bond donors (Lipinski definition) is 0. The Morgan fingerprint density at radius 3 is 2.36 bits per heavy atom. The molecule has 3 heteroatoms. The molecule has 0 spiro atoms. The average molecular weight is 409 g/mol. The van der Waals surface area contributed by atoms with E-state index in [1.54, 1.807) is 0 Å². The van der Waals surface area contributed by atoms with Crippen LogP contribution in [0.15, 0.2) is 60.7 Å². The van der Waals surface area contributed by atoms with Crippen molar-refractivity contribution in [1.82, 2.24) is 0 Å². The van der Waals surface area contributed by atoms with Crippen LogP contribution in [0.4, 0.5) is 0 Å². The molecule has 0 aliphatic rings. The van der Waals surface area contributed by atoms with Gasteiger partial charge in [-0.15, -0.1) is 34.5 Å². The normalized spacial score (nSPS) is 11.6. The second kappa shape index (κ2) is 8.97. The van der Waals surface area contributed by atoms with Crippen molar-refractivity contribution in [2.75, 3.05) is 0 Å². The summed E-state index contributed by atoms with van der Waals surface area (Å²) in [6, 6.07) is 22.0. The van der Waals surface area contributed by atoms with Gasteiger partial charge in [0.1, 0.15) is 0 Å². The van der Waals surface area contributed by atoms with Crippen LogP contribution in [0.2, 0.25) is 0 Å². The maximum absolute atomic E-state index is 4.93. The third-order valence-electron chi connectivity index (χ3n) is 4.04. The van der Waals surface area contributed by atoms with Crippen LogP contribution >= 0.6 is 17.0 Å². The van der Waals surface area contributed by atoms with Crippen molar-refractivity contribution in [3.05, 3.63) is 66.2 Å². The van der Waals surface area contributed by atoms with E-state index < -0.39 is 20.8 Å². The first-order valence-corrected chi connectivity index (χ1v) is 13.7. The van der Waals surface area contributed by atoms with Gasteiger partial charge in [0.25, 0.3) is 0 Å². The molecule has 114 valence electrons. The Morgan fingerprint density at radius 1 is 1.05 bits per heavy atom. The standard InChI is InChI=1S/C19H19.2ClH.Zr/c1-3-14(2)17-12-16-10-7-11-18(19(16)13-17)15-8-5-4-6-9-15;;;/h4-14H,3H2,1-2H3;2*1H;/q-1;;;+2/p-2. The first-order valence-electron chi connectivity index (χ1n) is 7.42. The van der Waals surface area contributed by atoms with E-state index in [4.69, 9.17) is 17.0 Å². The van der Waals surface area contributed by atoms with Crippen LogP contribution in [0, 0.1) is 0 Å². The quantitative estimate of drug-likeness (QED) is 0.404. The van der Waals surface area contributed by atoms with Crippen molar-refractivity contribution in [3.8, 4) is 11.1 Å². The van der Waals surface area contributed by atoms with Gasteiger partial charge in [-0.3, -0.25) is 0 Å². The first-order chi connectivity index (χ1) is 10.7. The van der Waals surface area contributed by atoms with Crippen LogP contribution in [-0.2, 0) is 20.8 Å². The molecule has 0 aromatic heterocycles. The number of benzene rings is 2. The van der Waals surface area contributed by atoms with Crippen LogP contribution in [0.25, 0.3) is 21.9 Å². The summed E-state index contributed by atoms with van der Waals surface area (Å²) in [5.74, 6) is 0.635. The van der Waals surface area contributed by atoms with E-state index in [-0.39, 0.29) is 0 Å². The van der Waals surface area contributed by atoms with Gasteiger partial charge in [-0.1, -0.05) is 62.2 Å². The molecule has 3 aromatic carbocycles. The molecule has 1 atom stereocenters. The zero-order valence-corrected chi connectivity index (χ0v) is 16.8. The maximum atomic E-state index is 4.93. The molecule has 0 N–H and O–H groups in total. The number of fused-ring (bicyclic) bond motifs is 1. The van der Waals surface area contributed by atoms with Gasteiger partial charge < -0.3 is 0 Å². The zero-order chi connectivity index (χ0) is 15.9. The summed E-state index contributed by atoms with van der Waals surface area (Å²) in [6.07, 6.45) is 1.19. The van der Waals surface area contributed by atoms with Gasteiger partial charge in [0.2, 0.25) is 0 Å². The molecule has 0 saturated heterocycles. The summed E-state index contributed by atoms with van der Waals surface area (Å²) in [4.78, 5) is 0. The van der Waals surface area contributed by atoms with Gasteiger partial charge in [0.05, 0.1) is 0 Å². The summed E-state index contributed by atoms with van der Waals surface area (Å²) in [6.45, 7) is 4.55. The summed E-state index contributed by atoms with van der Waals surface area (Å²) in [7, 11) is 9.87. The summed E-state index contributed by atoms with van der Waals surface area (Å²) in [5.41, 5.74) is 4.10. The molecule has 0 aliphatic heterocycles. The van der Waals surface area contributed by atoms with Gasteiger partial charge in [-0.05, 0) is 11.5 Å². The number of halogens is 2. The fourth-order valence-corrected chi connectivity index (χ4v) is 2.65. The van der Waals surface area contributed by atoms with Crippen LogP contribution < -0.4 is 0 Å². The van der Waals surface area contributed by atoms with E-state index in [0.717, 1.165) is 0 Å². The number of rotatable bonds is 3. The first kappa shape index (κ1) is 17.9. The molecular weight excluding hydrogens is 390 g/mol. The van der Waals surface area contributed by atoms with Gasteiger partial charge in [-0.2, -0.15) is 6.07 Å². The van der Waals surface area contributed by atoms with E-state index in [1.165, 1.54) is 33.9 Å². The molecule has 0 radical (unpaired) electrons. The van der Waals surface area contributed by atoms with Crippen molar-refractivity contribution in [2.45, 2.75) is 26.2 Å². The molecule has 1 unspecified atom stereocenters. The average Bonchev–Trinajstić information content (AvgIpc) is 2.99.